The number of nitrogens with zero attached hydrogens (tertiary/aromatic N) is 1. The first-order valence-corrected chi connectivity index (χ1v) is 8.54. The fraction of sp³-hybridized carbons (Fsp3) is 0. The van der Waals surface area contributed by atoms with Gasteiger partial charge in [-0.1, -0.05) is 39.1 Å². The quantitative estimate of drug-likeness (QED) is 0.820. The van der Waals surface area contributed by atoms with Crippen LogP contribution >= 0.6 is 39.1 Å². The smallest absolute Gasteiger partial charge is 0.261 e. The highest BCUT2D eigenvalue weighted by molar-refractivity contribution is 9.10. The first-order valence-electron chi connectivity index (χ1n) is 5.51. The van der Waals surface area contributed by atoms with Crippen LogP contribution in [-0.4, -0.2) is 8.42 Å². The molecule has 0 bridgehead atoms. The van der Waals surface area contributed by atoms with Gasteiger partial charge in [-0.05, 0) is 36.4 Å². The van der Waals surface area contributed by atoms with E-state index in [-0.39, 0.29) is 26.2 Å². The fourth-order valence-corrected chi connectivity index (χ4v) is 3.50. The molecule has 0 fully saturated rings. The van der Waals surface area contributed by atoms with Crippen LogP contribution in [-0.2, 0) is 10.0 Å². The molecular formula is C13H7BrCl2N2O2S. The molecule has 0 aliphatic rings. The molecule has 0 unspecified atom stereocenters. The second-order valence-electron chi connectivity index (χ2n) is 3.98. The lowest BCUT2D eigenvalue weighted by molar-refractivity contribution is 0.601. The Morgan fingerprint density at radius 3 is 2.43 bits per heavy atom. The second kappa shape index (κ2) is 6.24. The molecule has 0 aliphatic heterocycles. The van der Waals surface area contributed by atoms with Crippen molar-refractivity contribution in [2.75, 3.05) is 4.72 Å². The summed E-state index contributed by atoms with van der Waals surface area (Å²) >= 11 is 15.0. The monoisotopic (exact) mass is 404 g/mol. The van der Waals surface area contributed by atoms with Crippen molar-refractivity contribution in [3.63, 3.8) is 0 Å². The first-order chi connectivity index (χ1) is 9.83. The topological polar surface area (TPSA) is 70.0 Å². The Morgan fingerprint density at radius 2 is 1.81 bits per heavy atom. The van der Waals surface area contributed by atoms with E-state index < -0.39 is 10.0 Å². The number of anilines is 1. The molecule has 0 amide bonds. The van der Waals surface area contributed by atoms with Gasteiger partial charge < -0.3 is 0 Å². The summed E-state index contributed by atoms with van der Waals surface area (Å²) in [5, 5.41) is 9.13. The highest BCUT2D eigenvalue weighted by Gasteiger charge is 2.17. The number of hydrogen-bond acceptors (Lipinski definition) is 3. The number of benzene rings is 2. The van der Waals surface area contributed by atoms with Crippen molar-refractivity contribution >= 4 is 54.8 Å². The molecule has 2 rings (SSSR count). The summed E-state index contributed by atoms with van der Waals surface area (Å²) in [7, 11) is -3.85. The Bertz CT molecular complexity index is 848. The van der Waals surface area contributed by atoms with Gasteiger partial charge in [0.25, 0.3) is 10.0 Å². The minimum absolute atomic E-state index is 0.0532. The third-order valence-corrected chi connectivity index (χ3v) is 5.04. The van der Waals surface area contributed by atoms with Crippen molar-refractivity contribution in [1.82, 2.24) is 0 Å². The fourth-order valence-electron chi connectivity index (χ4n) is 1.53. The van der Waals surface area contributed by atoms with Crippen LogP contribution in [0, 0.1) is 11.3 Å². The standard InChI is InChI=1S/C13H7BrCl2N2O2S/c14-9-2-4-11(15)13(5-9)18-21(19,20)10-3-1-8(7-17)12(16)6-10/h1-6,18H. The van der Waals surface area contributed by atoms with Crippen molar-refractivity contribution in [3.8, 4) is 6.07 Å². The molecule has 0 heterocycles. The van der Waals surface area contributed by atoms with Crippen LogP contribution in [0.15, 0.2) is 45.8 Å². The van der Waals surface area contributed by atoms with Gasteiger partial charge in [0.05, 0.1) is 26.2 Å². The summed E-state index contributed by atoms with van der Waals surface area (Å²) in [5.41, 5.74) is 0.447. The van der Waals surface area contributed by atoms with Crippen LogP contribution < -0.4 is 4.72 Å². The van der Waals surface area contributed by atoms with E-state index in [9.17, 15) is 8.42 Å². The molecule has 2 aromatic carbocycles. The van der Waals surface area contributed by atoms with Crippen LogP contribution in [0.5, 0.6) is 0 Å². The van der Waals surface area contributed by atoms with E-state index in [0.29, 0.717) is 4.47 Å². The predicted molar refractivity (Wildman–Crippen MR) is 86.1 cm³/mol. The van der Waals surface area contributed by atoms with Gasteiger partial charge in [0, 0.05) is 4.47 Å². The Hall–Kier alpha value is -1.26. The van der Waals surface area contributed by atoms with Crippen LogP contribution in [0.3, 0.4) is 0 Å². The van der Waals surface area contributed by atoms with E-state index in [0.717, 1.165) is 0 Å². The Morgan fingerprint density at radius 1 is 1.10 bits per heavy atom. The summed E-state index contributed by atoms with van der Waals surface area (Å²) in [5.74, 6) is 0. The van der Waals surface area contributed by atoms with E-state index in [4.69, 9.17) is 28.5 Å². The summed E-state index contributed by atoms with van der Waals surface area (Å²) < 4.78 is 27.6. The first kappa shape index (κ1) is 16.1. The number of nitriles is 1. The molecule has 0 atom stereocenters. The maximum absolute atomic E-state index is 12.3. The molecule has 0 aromatic heterocycles. The lowest BCUT2D eigenvalue weighted by atomic mass is 10.2. The summed E-state index contributed by atoms with van der Waals surface area (Å²) in [6, 6.07) is 10.5. The average molecular weight is 406 g/mol. The molecule has 21 heavy (non-hydrogen) atoms. The Labute approximate surface area is 140 Å². The molecule has 2 aromatic rings. The zero-order valence-corrected chi connectivity index (χ0v) is 14.2. The van der Waals surface area contributed by atoms with Crippen LogP contribution in [0.4, 0.5) is 5.69 Å². The van der Waals surface area contributed by atoms with Crippen molar-refractivity contribution in [2.24, 2.45) is 0 Å². The number of sulfonamides is 1. The van der Waals surface area contributed by atoms with Gasteiger partial charge in [0.15, 0.2) is 0 Å². The maximum Gasteiger partial charge on any atom is 0.261 e. The minimum atomic E-state index is -3.85. The third-order valence-electron chi connectivity index (χ3n) is 2.54. The van der Waals surface area contributed by atoms with Crippen LogP contribution in [0.2, 0.25) is 10.0 Å². The molecular weight excluding hydrogens is 399 g/mol. The zero-order chi connectivity index (χ0) is 15.6. The van der Waals surface area contributed by atoms with Gasteiger partial charge in [-0.3, -0.25) is 4.72 Å². The van der Waals surface area contributed by atoms with Crippen molar-refractivity contribution in [2.45, 2.75) is 4.90 Å². The molecule has 8 heteroatoms. The summed E-state index contributed by atoms with van der Waals surface area (Å²) in [6.07, 6.45) is 0. The minimum Gasteiger partial charge on any atom is -0.278 e. The van der Waals surface area contributed by atoms with E-state index >= 15 is 0 Å². The molecule has 0 saturated carbocycles. The average Bonchev–Trinajstić information content (AvgIpc) is 2.42. The van der Waals surface area contributed by atoms with Crippen molar-refractivity contribution in [3.05, 3.63) is 56.5 Å². The van der Waals surface area contributed by atoms with Gasteiger partial charge in [0.1, 0.15) is 6.07 Å². The molecule has 108 valence electrons. The largest absolute Gasteiger partial charge is 0.278 e. The van der Waals surface area contributed by atoms with Gasteiger partial charge in [-0.2, -0.15) is 5.26 Å². The SMILES string of the molecule is N#Cc1ccc(S(=O)(=O)Nc2cc(Br)ccc2Cl)cc1Cl. The van der Waals surface area contributed by atoms with E-state index in [1.165, 1.54) is 18.2 Å². The lowest BCUT2D eigenvalue weighted by Gasteiger charge is -2.10. The van der Waals surface area contributed by atoms with Crippen molar-refractivity contribution in [1.29, 1.82) is 5.26 Å². The molecule has 0 spiro atoms. The molecule has 0 aliphatic carbocycles. The second-order valence-corrected chi connectivity index (χ2v) is 7.40. The van der Waals surface area contributed by atoms with E-state index in [1.54, 1.807) is 18.2 Å². The zero-order valence-electron chi connectivity index (χ0n) is 10.3. The number of rotatable bonds is 3. The van der Waals surface area contributed by atoms with Gasteiger partial charge >= 0.3 is 0 Å². The summed E-state index contributed by atoms with van der Waals surface area (Å²) in [4.78, 5) is -0.0532. The molecule has 1 N–H and O–H groups in total. The number of nitrogens with one attached hydrogen (secondary N) is 1. The number of halogens is 3. The Kier molecular flexibility index (Phi) is 4.79. The maximum atomic E-state index is 12.3. The number of hydrogen-bond donors (Lipinski definition) is 1. The molecule has 0 radical (unpaired) electrons. The van der Waals surface area contributed by atoms with Gasteiger partial charge in [0.2, 0.25) is 0 Å². The lowest BCUT2D eigenvalue weighted by Crippen LogP contribution is -2.13. The van der Waals surface area contributed by atoms with Gasteiger partial charge in [-0.15, -0.1) is 0 Å². The van der Waals surface area contributed by atoms with Crippen molar-refractivity contribution < 1.29 is 8.42 Å². The molecule has 0 saturated heterocycles. The Balaban J connectivity index is 2.41. The van der Waals surface area contributed by atoms with E-state index in [2.05, 4.69) is 20.7 Å². The third kappa shape index (κ3) is 3.69. The normalized spacial score (nSPS) is 11.0. The van der Waals surface area contributed by atoms with Crippen LogP contribution in [0.25, 0.3) is 0 Å². The highest BCUT2D eigenvalue weighted by atomic mass is 79.9. The highest BCUT2D eigenvalue weighted by Crippen LogP contribution is 2.29. The predicted octanol–water partition coefficient (Wildman–Crippen LogP) is 4.43. The molecule has 4 nitrogen and oxygen atoms in total. The van der Waals surface area contributed by atoms with Gasteiger partial charge in [-0.25, -0.2) is 8.42 Å². The summed E-state index contributed by atoms with van der Waals surface area (Å²) in [6.45, 7) is 0. The van der Waals surface area contributed by atoms with Crippen LogP contribution in [0.1, 0.15) is 5.56 Å². The van der Waals surface area contributed by atoms with E-state index in [1.807, 2.05) is 6.07 Å².